The Morgan fingerprint density at radius 2 is 1.92 bits per heavy atom. The summed E-state index contributed by atoms with van der Waals surface area (Å²) in [6, 6.07) is 15.3. The fourth-order valence-electron chi connectivity index (χ4n) is 5.00. The van der Waals surface area contributed by atoms with E-state index in [1.54, 1.807) is 31.6 Å². The number of carbonyl (C=O) groups is 1. The predicted molar refractivity (Wildman–Crippen MR) is 141 cm³/mol. The van der Waals surface area contributed by atoms with E-state index in [0.717, 1.165) is 41.2 Å². The number of ether oxygens (including phenoxy) is 1. The van der Waals surface area contributed by atoms with Crippen molar-refractivity contribution in [3.05, 3.63) is 101 Å². The molecule has 7 heteroatoms. The first-order chi connectivity index (χ1) is 18.0. The molecule has 0 saturated heterocycles. The minimum absolute atomic E-state index is 0.0247. The van der Waals surface area contributed by atoms with Crippen molar-refractivity contribution in [3.63, 3.8) is 0 Å². The van der Waals surface area contributed by atoms with Crippen molar-refractivity contribution < 1.29 is 13.9 Å². The molecule has 2 aromatic carbocycles. The SMILES string of the molecule is COc1ccc2c(c1)CCc1cc(CCC(=O)NCc3cnc(C)cn3)n(CCc3cccc(F)c3)c1-2. The first kappa shape index (κ1) is 24.7. The Bertz CT molecular complexity index is 1410. The van der Waals surface area contributed by atoms with E-state index in [1.807, 2.05) is 19.1 Å². The summed E-state index contributed by atoms with van der Waals surface area (Å²) < 4.78 is 21.6. The fraction of sp³-hybridized carbons (Fsp3) is 0.300. The molecule has 190 valence electrons. The van der Waals surface area contributed by atoms with Crippen LogP contribution in [0.4, 0.5) is 4.39 Å². The van der Waals surface area contributed by atoms with Gasteiger partial charge in [0.25, 0.3) is 0 Å². The van der Waals surface area contributed by atoms with Gasteiger partial charge in [0.1, 0.15) is 11.6 Å². The summed E-state index contributed by atoms with van der Waals surface area (Å²) in [5, 5.41) is 2.96. The number of fused-ring (bicyclic) bond motifs is 3. The summed E-state index contributed by atoms with van der Waals surface area (Å²) in [6.45, 7) is 2.95. The number of nitrogens with one attached hydrogen (secondary N) is 1. The smallest absolute Gasteiger partial charge is 0.220 e. The number of hydrogen-bond acceptors (Lipinski definition) is 4. The quantitative estimate of drug-likeness (QED) is 0.353. The minimum Gasteiger partial charge on any atom is -0.497 e. The van der Waals surface area contributed by atoms with Crippen molar-refractivity contribution in [1.82, 2.24) is 19.9 Å². The fourth-order valence-corrected chi connectivity index (χ4v) is 5.00. The van der Waals surface area contributed by atoms with Gasteiger partial charge in [0, 0.05) is 30.4 Å². The molecule has 1 amide bonds. The molecule has 0 bridgehead atoms. The van der Waals surface area contributed by atoms with E-state index >= 15 is 0 Å². The summed E-state index contributed by atoms with van der Waals surface area (Å²) >= 11 is 0. The van der Waals surface area contributed by atoms with Crippen LogP contribution in [0.1, 0.15) is 40.2 Å². The second kappa shape index (κ2) is 10.9. The lowest BCUT2D eigenvalue weighted by Crippen LogP contribution is -2.24. The number of aromatic nitrogens is 3. The lowest BCUT2D eigenvalue weighted by atomic mass is 9.90. The zero-order valence-electron chi connectivity index (χ0n) is 21.3. The van der Waals surface area contributed by atoms with Crippen molar-refractivity contribution in [3.8, 4) is 17.0 Å². The van der Waals surface area contributed by atoms with Crippen LogP contribution >= 0.6 is 0 Å². The average Bonchev–Trinajstić information content (AvgIpc) is 3.28. The number of carbonyl (C=O) groups excluding carboxylic acids is 1. The third-order valence-corrected chi connectivity index (χ3v) is 6.92. The first-order valence-corrected chi connectivity index (χ1v) is 12.7. The minimum atomic E-state index is -0.223. The van der Waals surface area contributed by atoms with Crippen LogP contribution in [0.2, 0.25) is 0 Å². The molecule has 0 atom stereocenters. The maximum absolute atomic E-state index is 13.8. The van der Waals surface area contributed by atoms with Crippen molar-refractivity contribution in [2.75, 3.05) is 7.11 Å². The molecule has 1 aliphatic rings. The van der Waals surface area contributed by atoms with E-state index in [2.05, 4.69) is 38.1 Å². The van der Waals surface area contributed by atoms with Gasteiger partial charge < -0.3 is 14.6 Å². The molecule has 0 saturated carbocycles. The van der Waals surface area contributed by atoms with Crippen LogP contribution in [0.15, 0.2) is 60.9 Å². The Morgan fingerprint density at radius 1 is 1.05 bits per heavy atom. The van der Waals surface area contributed by atoms with Gasteiger partial charge in [-0.25, -0.2) is 4.39 Å². The van der Waals surface area contributed by atoms with Crippen molar-refractivity contribution >= 4 is 5.91 Å². The van der Waals surface area contributed by atoms with Crippen LogP contribution in [-0.2, 0) is 43.6 Å². The number of amides is 1. The van der Waals surface area contributed by atoms with Crippen LogP contribution in [0.25, 0.3) is 11.3 Å². The number of methoxy groups -OCH3 is 1. The van der Waals surface area contributed by atoms with Gasteiger partial charge in [0.2, 0.25) is 5.91 Å². The van der Waals surface area contributed by atoms with Crippen LogP contribution in [0.5, 0.6) is 5.75 Å². The van der Waals surface area contributed by atoms with Crippen molar-refractivity contribution in [2.45, 2.75) is 52.1 Å². The Morgan fingerprint density at radius 3 is 2.70 bits per heavy atom. The van der Waals surface area contributed by atoms with Crippen molar-refractivity contribution in [2.24, 2.45) is 0 Å². The highest BCUT2D eigenvalue weighted by atomic mass is 19.1. The van der Waals surface area contributed by atoms with Crippen LogP contribution in [0, 0.1) is 12.7 Å². The van der Waals surface area contributed by atoms with Gasteiger partial charge in [0.15, 0.2) is 0 Å². The molecule has 0 aliphatic heterocycles. The predicted octanol–water partition coefficient (Wildman–Crippen LogP) is 4.99. The standard InChI is InChI=1S/C30H31FN4O2/c1-20-17-33-25(18-32-20)19-34-29(36)11-8-26-15-23-7-6-22-16-27(37-2)9-10-28(22)30(23)35(26)13-12-21-4-3-5-24(31)14-21/h3-5,9-10,14-18H,6-8,11-13,19H2,1-2H3,(H,34,36). The summed E-state index contributed by atoms with van der Waals surface area (Å²) in [4.78, 5) is 21.2. The van der Waals surface area contributed by atoms with E-state index in [1.165, 1.54) is 28.5 Å². The monoisotopic (exact) mass is 498 g/mol. The number of hydrogen-bond donors (Lipinski definition) is 1. The number of halogens is 1. The molecule has 4 aromatic rings. The third-order valence-electron chi connectivity index (χ3n) is 6.92. The molecule has 37 heavy (non-hydrogen) atoms. The molecule has 1 N–H and O–H groups in total. The molecule has 5 rings (SSSR count). The highest BCUT2D eigenvalue weighted by molar-refractivity contribution is 5.76. The van der Waals surface area contributed by atoms with Gasteiger partial charge in [0.05, 0.1) is 36.9 Å². The first-order valence-electron chi connectivity index (χ1n) is 12.7. The zero-order valence-corrected chi connectivity index (χ0v) is 21.3. The zero-order chi connectivity index (χ0) is 25.8. The molecule has 0 unspecified atom stereocenters. The average molecular weight is 499 g/mol. The molecular formula is C30H31FN4O2. The van der Waals surface area contributed by atoms with Gasteiger partial charge in [-0.15, -0.1) is 0 Å². The number of benzene rings is 2. The molecule has 6 nitrogen and oxygen atoms in total. The summed E-state index contributed by atoms with van der Waals surface area (Å²) in [5.74, 6) is 0.609. The van der Waals surface area contributed by atoms with E-state index in [0.29, 0.717) is 32.4 Å². The van der Waals surface area contributed by atoms with E-state index < -0.39 is 0 Å². The molecule has 2 aromatic heterocycles. The third kappa shape index (κ3) is 5.71. The van der Waals surface area contributed by atoms with Gasteiger partial charge >= 0.3 is 0 Å². The molecule has 1 aliphatic carbocycles. The Kier molecular flexibility index (Phi) is 7.30. The number of nitrogens with zero attached hydrogens (tertiary/aromatic N) is 3. The topological polar surface area (TPSA) is 69.0 Å². The second-order valence-corrected chi connectivity index (χ2v) is 9.49. The molecule has 0 spiro atoms. The number of aryl methyl sites for hydroxylation is 5. The maximum Gasteiger partial charge on any atom is 0.220 e. The van der Waals surface area contributed by atoms with Crippen LogP contribution < -0.4 is 10.1 Å². The highest BCUT2D eigenvalue weighted by Gasteiger charge is 2.23. The van der Waals surface area contributed by atoms with Crippen molar-refractivity contribution in [1.29, 1.82) is 0 Å². The summed E-state index contributed by atoms with van der Waals surface area (Å²) in [5.41, 5.74) is 8.62. The van der Waals surface area contributed by atoms with Gasteiger partial charge in [-0.3, -0.25) is 14.8 Å². The molecule has 0 fully saturated rings. The second-order valence-electron chi connectivity index (χ2n) is 9.49. The van der Waals surface area contributed by atoms with Crippen LogP contribution in [0.3, 0.4) is 0 Å². The number of rotatable bonds is 9. The maximum atomic E-state index is 13.8. The summed E-state index contributed by atoms with van der Waals surface area (Å²) in [7, 11) is 1.69. The Labute approximate surface area is 216 Å². The van der Waals surface area contributed by atoms with E-state index in [4.69, 9.17) is 4.74 Å². The van der Waals surface area contributed by atoms with Crippen LogP contribution in [-0.4, -0.2) is 27.6 Å². The highest BCUT2D eigenvalue weighted by Crippen LogP contribution is 2.38. The molecule has 0 radical (unpaired) electrons. The normalized spacial score (nSPS) is 12.1. The largest absolute Gasteiger partial charge is 0.497 e. The van der Waals surface area contributed by atoms with E-state index in [9.17, 15) is 9.18 Å². The van der Waals surface area contributed by atoms with Gasteiger partial charge in [-0.1, -0.05) is 12.1 Å². The lowest BCUT2D eigenvalue weighted by Gasteiger charge is -2.21. The lowest BCUT2D eigenvalue weighted by molar-refractivity contribution is -0.121. The van der Waals surface area contributed by atoms with E-state index in [-0.39, 0.29) is 11.7 Å². The van der Waals surface area contributed by atoms with Gasteiger partial charge in [-0.05, 0) is 85.7 Å². The Balaban J connectivity index is 1.37. The summed E-state index contributed by atoms with van der Waals surface area (Å²) in [6.07, 6.45) is 6.97. The Hall–Kier alpha value is -4.00. The molecular weight excluding hydrogens is 467 g/mol. The molecule has 2 heterocycles. The van der Waals surface area contributed by atoms with Gasteiger partial charge in [-0.2, -0.15) is 0 Å².